The zero-order chi connectivity index (χ0) is 20.2. The van der Waals surface area contributed by atoms with Gasteiger partial charge in [-0.1, -0.05) is 16.8 Å². The predicted octanol–water partition coefficient (Wildman–Crippen LogP) is 4.00. The molecule has 0 saturated carbocycles. The van der Waals surface area contributed by atoms with E-state index in [0.717, 1.165) is 29.9 Å². The van der Waals surface area contributed by atoms with E-state index in [9.17, 15) is 4.79 Å². The van der Waals surface area contributed by atoms with Crippen LogP contribution in [-0.2, 0) is 11.3 Å². The van der Waals surface area contributed by atoms with E-state index in [1.807, 2.05) is 36.4 Å². The van der Waals surface area contributed by atoms with Crippen LogP contribution in [0.25, 0.3) is 11.4 Å². The van der Waals surface area contributed by atoms with Gasteiger partial charge in [0.25, 0.3) is 0 Å². The van der Waals surface area contributed by atoms with Crippen molar-refractivity contribution >= 4 is 46.2 Å². The van der Waals surface area contributed by atoms with Crippen LogP contribution in [0.3, 0.4) is 0 Å². The number of carbonyl (C=O) groups excluding carboxylic acids is 1. The van der Waals surface area contributed by atoms with Gasteiger partial charge in [0, 0.05) is 34.9 Å². The van der Waals surface area contributed by atoms with Gasteiger partial charge in [0.2, 0.25) is 17.6 Å². The summed E-state index contributed by atoms with van der Waals surface area (Å²) in [6, 6.07) is 14.8. The van der Waals surface area contributed by atoms with Crippen molar-refractivity contribution in [3.63, 3.8) is 0 Å². The standard InChI is InChI=1S/C20H18ClN5O2S/c21-14-5-3-13(4-6-14)19-24-17(28-25-19)12-22-20(29)23-15-7-9-16(10-8-15)26-11-1-2-18(26)27/h3-10H,1-2,11-12H2,(H2,22,23,29). The van der Waals surface area contributed by atoms with Crippen LogP contribution in [0, 0.1) is 0 Å². The van der Waals surface area contributed by atoms with Gasteiger partial charge in [0.05, 0.1) is 6.54 Å². The van der Waals surface area contributed by atoms with E-state index < -0.39 is 0 Å². The van der Waals surface area contributed by atoms with Gasteiger partial charge >= 0.3 is 0 Å². The molecule has 0 atom stereocenters. The minimum atomic E-state index is 0.167. The van der Waals surface area contributed by atoms with Gasteiger partial charge in [-0.2, -0.15) is 4.98 Å². The molecule has 1 aliphatic heterocycles. The summed E-state index contributed by atoms with van der Waals surface area (Å²) in [6.45, 7) is 1.07. The molecule has 1 amide bonds. The van der Waals surface area contributed by atoms with Gasteiger partial charge in [-0.25, -0.2) is 0 Å². The Morgan fingerprint density at radius 2 is 1.93 bits per heavy atom. The summed E-state index contributed by atoms with van der Waals surface area (Å²) < 4.78 is 5.25. The molecule has 4 rings (SSSR count). The normalized spacial score (nSPS) is 13.6. The zero-order valence-electron chi connectivity index (χ0n) is 15.4. The summed E-state index contributed by atoms with van der Waals surface area (Å²) in [4.78, 5) is 18.0. The first-order valence-corrected chi connectivity index (χ1v) is 9.91. The Hall–Kier alpha value is -2.97. The van der Waals surface area contributed by atoms with Gasteiger partial charge in [-0.15, -0.1) is 0 Å². The Kier molecular flexibility index (Phi) is 5.73. The molecule has 0 bridgehead atoms. The molecule has 9 heteroatoms. The van der Waals surface area contributed by atoms with Crippen LogP contribution in [0.4, 0.5) is 11.4 Å². The highest BCUT2D eigenvalue weighted by molar-refractivity contribution is 7.80. The fraction of sp³-hybridized carbons (Fsp3) is 0.200. The predicted molar refractivity (Wildman–Crippen MR) is 116 cm³/mol. The lowest BCUT2D eigenvalue weighted by Crippen LogP contribution is -2.28. The number of carbonyl (C=O) groups is 1. The molecule has 148 valence electrons. The summed E-state index contributed by atoms with van der Waals surface area (Å²) in [5.74, 6) is 1.08. The summed E-state index contributed by atoms with van der Waals surface area (Å²) in [5.41, 5.74) is 2.55. The van der Waals surface area contributed by atoms with Crippen LogP contribution in [0.1, 0.15) is 18.7 Å². The molecule has 2 aromatic carbocycles. The van der Waals surface area contributed by atoms with E-state index in [1.54, 1.807) is 17.0 Å². The van der Waals surface area contributed by atoms with Gasteiger partial charge in [0.15, 0.2) is 5.11 Å². The van der Waals surface area contributed by atoms with Crippen LogP contribution in [0.5, 0.6) is 0 Å². The molecule has 2 heterocycles. The molecule has 3 aromatic rings. The number of amides is 1. The van der Waals surface area contributed by atoms with Crippen molar-refractivity contribution in [2.75, 3.05) is 16.8 Å². The van der Waals surface area contributed by atoms with Crippen molar-refractivity contribution in [3.05, 3.63) is 59.4 Å². The molecule has 0 spiro atoms. The lowest BCUT2D eigenvalue weighted by molar-refractivity contribution is -0.117. The number of nitrogens with zero attached hydrogens (tertiary/aromatic N) is 3. The number of hydrogen-bond acceptors (Lipinski definition) is 5. The van der Waals surface area contributed by atoms with E-state index in [-0.39, 0.29) is 5.91 Å². The SMILES string of the molecule is O=C1CCCN1c1ccc(NC(=S)NCc2nc(-c3ccc(Cl)cc3)no2)cc1. The molecule has 1 saturated heterocycles. The summed E-state index contributed by atoms with van der Waals surface area (Å²) >= 11 is 11.2. The van der Waals surface area contributed by atoms with Crippen LogP contribution in [0.15, 0.2) is 53.1 Å². The lowest BCUT2D eigenvalue weighted by Gasteiger charge is -2.16. The molecule has 0 radical (unpaired) electrons. The fourth-order valence-corrected chi connectivity index (χ4v) is 3.34. The number of aromatic nitrogens is 2. The average Bonchev–Trinajstić information content (AvgIpc) is 3.37. The third kappa shape index (κ3) is 4.72. The maximum absolute atomic E-state index is 11.8. The molecule has 1 aliphatic rings. The number of hydrogen-bond donors (Lipinski definition) is 2. The van der Waals surface area contributed by atoms with Crippen molar-refractivity contribution in [2.45, 2.75) is 19.4 Å². The van der Waals surface area contributed by atoms with E-state index in [1.165, 1.54) is 0 Å². The topological polar surface area (TPSA) is 83.3 Å². The van der Waals surface area contributed by atoms with Crippen LogP contribution < -0.4 is 15.5 Å². The first-order chi connectivity index (χ1) is 14.1. The van der Waals surface area contributed by atoms with Gasteiger partial charge < -0.3 is 20.1 Å². The van der Waals surface area contributed by atoms with Crippen molar-refractivity contribution in [3.8, 4) is 11.4 Å². The van der Waals surface area contributed by atoms with Crippen molar-refractivity contribution in [2.24, 2.45) is 0 Å². The second-order valence-corrected chi connectivity index (χ2v) is 7.37. The molecular formula is C20H18ClN5O2S. The first kappa shape index (κ1) is 19.4. The fourth-order valence-electron chi connectivity index (χ4n) is 3.02. The van der Waals surface area contributed by atoms with Crippen molar-refractivity contribution in [1.29, 1.82) is 0 Å². The average molecular weight is 428 g/mol. The molecule has 0 unspecified atom stereocenters. The minimum absolute atomic E-state index is 0.167. The zero-order valence-corrected chi connectivity index (χ0v) is 17.0. The Labute approximate surface area is 178 Å². The first-order valence-electron chi connectivity index (χ1n) is 9.12. The Bertz CT molecular complexity index is 1020. The van der Waals surface area contributed by atoms with Crippen molar-refractivity contribution in [1.82, 2.24) is 15.5 Å². The third-order valence-electron chi connectivity index (χ3n) is 4.48. The summed E-state index contributed by atoms with van der Waals surface area (Å²) in [5, 5.41) is 11.2. The monoisotopic (exact) mass is 427 g/mol. The minimum Gasteiger partial charge on any atom is -0.353 e. The summed E-state index contributed by atoms with van der Waals surface area (Å²) in [7, 11) is 0. The molecule has 2 N–H and O–H groups in total. The molecule has 0 aliphatic carbocycles. The second-order valence-electron chi connectivity index (χ2n) is 6.52. The smallest absolute Gasteiger partial charge is 0.246 e. The Balaban J connectivity index is 1.30. The van der Waals surface area contributed by atoms with Gasteiger partial charge in [-0.05, 0) is 67.2 Å². The van der Waals surface area contributed by atoms with Crippen LogP contribution in [0.2, 0.25) is 5.02 Å². The van der Waals surface area contributed by atoms with Crippen molar-refractivity contribution < 1.29 is 9.32 Å². The maximum atomic E-state index is 11.8. The molecule has 7 nitrogen and oxygen atoms in total. The number of rotatable bonds is 5. The van der Waals surface area contributed by atoms with Gasteiger partial charge in [-0.3, -0.25) is 4.79 Å². The number of benzene rings is 2. The molecule has 29 heavy (non-hydrogen) atoms. The second kappa shape index (κ2) is 8.59. The summed E-state index contributed by atoms with van der Waals surface area (Å²) in [6.07, 6.45) is 1.52. The largest absolute Gasteiger partial charge is 0.353 e. The lowest BCUT2D eigenvalue weighted by atomic mass is 10.2. The van der Waals surface area contributed by atoms with E-state index >= 15 is 0 Å². The van der Waals surface area contributed by atoms with Crippen LogP contribution >= 0.6 is 23.8 Å². The number of halogens is 1. The van der Waals surface area contributed by atoms with Crippen LogP contribution in [-0.4, -0.2) is 27.7 Å². The highest BCUT2D eigenvalue weighted by atomic mass is 35.5. The molecule has 1 aromatic heterocycles. The Morgan fingerprint density at radius 1 is 1.17 bits per heavy atom. The number of nitrogens with one attached hydrogen (secondary N) is 2. The van der Waals surface area contributed by atoms with E-state index in [0.29, 0.717) is 34.8 Å². The third-order valence-corrected chi connectivity index (χ3v) is 4.98. The van der Waals surface area contributed by atoms with E-state index in [2.05, 4.69) is 20.8 Å². The highest BCUT2D eigenvalue weighted by Gasteiger charge is 2.21. The Morgan fingerprint density at radius 3 is 2.62 bits per heavy atom. The maximum Gasteiger partial charge on any atom is 0.246 e. The quantitative estimate of drug-likeness (QED) is 0.595. The number of anilines is 2. The highest BCUT2D eigenvalue weighted by Crippen LogP contribution is 2.23. The molecule has 1 fully saturated rings. The molecular weight excluding hydrogens is 410 g/mol. The van der Waals surface area contributed by atoms with Gasteiger partial charge in [0.1, 0.15) is 0 Å². The van der Waals surface area contributed by atoms with E-state index in [4.69, 9.17) is 28.3 Å². The number of thiocarbonyl (C=S) groups is 1.